The third-order valence-corrected chi connectivity index (χ3v) is 2.16. The summed E-state index contributed by atoms with van der Waals surface area (Å²) in [4.78, 5) is 23.8. The lowest BCUT2D eigenvalue weighted by Crippen LogP contribution is -2.33. The van der Waals surface area contributed by atoms with Crippen LogP contribution in [0, 0.1) is 0 Å². The van der Waals surface area contributed by atoms with Crippen molar-refractivity contribution in [2.24, 2.45) is 0 Å². The van der Waals surface area contributed by atoms with Gasteiger partial charge in [-0.3, -0.25) is 9.69 Å². The fourth-order valence-corrected chi connectivity index (χ4v) is 1.53. The first-order valence-electron chi connectivity index (χ1n) is 4.38. The number of halogens is 1. The number of carbonyl (C=O) groups excluding carboxylic acids is 2. The Morgan fingerprint density at radius 1 is 1.54 bits per heavy atom. The Hall–Kier alpha value is -0.770. The molecule has 5 heteroatoms. The van der Waals surface area contributed by atoms with E-state index in [-0.39, 0.29) is 23.9 Å². The number of rotatable bonds is 4. The summed E-state index contributed by atoms with van der Waals surface area (Å²) in [5.74, 6) is 0.144. The lowest BCUT2D eigenvalue weighted by molar-refractivity contribution is -0.127. The highest BCUT2D eigenvalue weighted by Crippen LogP contribution is 2.10. The predicted molar refractivity (Wildman–Crippen MR) is 49.7 cm³/mol. The van der Waals surface area contributed by atoms with Gasteiger partial charge in [0.1, 0.15) is 6.04 Å². The molecular formula is C8H13ClN2O2. The van der Waals surface area contributed by atoms with E-state index in [1.165, 1.54) is 4.90 Å². The number of hydrogen-bond donors (Lipinski definition) is 1. The maximum atomic E-state index is 11.5. The smallest absolute Gasteiger partial charge is 0.324 e. The van der Waals surface area contributed by atoms with E-state index < -0.39 is 0 Å². The molecule has 1 saturated heterocycles. The zero-order chi connectivity index (χ0) is 9.84. The topological polar surface area (TPSA) is 49.4 Å². The van der Waals surface area contributed by atoms with Gasteiger partial charge in [0.2, 0.25) is 0 Å². The zero-order valence-electron chi connectivity index (χ0n) is 7.55. The highest BCUT2D eigenvalue weighted by atomic mass is 35.5. The molecule has 1 N–H and O–H groups in total. The van der Waals surface area contributed by atoms with E-state index in [0.29, 0.717) is 13.0 Å². The molecule has 74 valence electrons. The monoisotopic (exact) mass is 204 g/mol. The van der Waals surface area contributed by atoms with Gasteiger partial charge < -0.3 is 5.32 Å². The van der Waals surface area contributed by atoms with E-state index >= 15 is 0 Å². The summed E-state index contributed by atoms with van der Waals surface area (Å²) >= 11 is 5.46. The van der Waals surface area contributed by atoms with Crippen molar-refractivity contribution >= 4 is 23.5 Å². The number of hydrogen-bond acceptors (Lipinski definition) is 2. The molecule has 1 rings (SSSR count). The van der Waals surface area contributed by atoms with E-state index in [2.05, 4.69) is 5.32 Å². The summed E-state index contributed by atoms with van der Waals surface area (Å²) in [5.41, 5.74) is 0. The summed E-state index contributed by atoms with van der Waals surface area (Å²) in [6.45, 7) is 2.27. The molecule has 0 aromatic heterocycles. The maximum absolute atomic E-state index is 11.5. The lowest BCUT2D eigenvalue weighted by atomic mass is 10.2. The standard InChI is InChI=1S/C8H13ClN2O2/c1-2-3-6-7(12)11(5-4-9)8(13)10-6/h6H,2-5H2,1H3,(H,10,13). The Bertz CT molecular complexity index is 220. The summed E-state index contributed by atoms with van der Waals surface area (Å²) in [6, 6.07) is -0.648. The molecule has 0 aromatic rings. The van der Waals surface area contributed by atoms with Crippen LogP contribution < -0.4 is 5.32 Å². The maximum Gasteiger partial charge on any atom is 0.324 e. The first kappa shape index (κ1) is 10.3. The van der Waals surface area contributed by atoms with Crippen LogP contribution in [0.2, 0.25) is 0 Å². The van der Waals surface area contributed by atoms with Gasteiger partial charge in [0.05, 0.1) is 0 Å². The average Bonchev–Trinajstić information content (AvgIpc) is 2.34. The SMILES string of the molecule is CCCC1NC(=O)N(CCCl)C1=O. The van der Waals surface area contributed by atoms with Crippen LogP contribution in [0.3, 0.4) is 0 Å². The normalized spacial score (nSPS) is 22.3. The fraction of sp³-hybridized carbons (Fsp3) is 0.750. The first-order valence-corrected chi connectivity index (χ1v) is 4.92. The molecule has 0 aliphatic carbocycles. The van der Waals surface area contributed by atoms with Crippen molar-refractivity contribution in [2.75, 3.05) is 12.4 Å². The lowest BCUT2D eigenvalue weighted by Gasteiger charge is -2.09. The number of nitrogens with one attached hydrogen (secondary N) is 1. The van der Waals surface area contributed by atoms with Crippen molar-refractivity contribution in [3.63, 3.8) is 0 Å². The number of imide groups is 1. The van der Waals surface area contributed by atoms with Crippen molar-refractivity contribution in [3.8, 4) is 0 Å². The highest BCUT2D eigenvalue weighted by molar-refractivity contribution is 6.18. The number of urea groups is 1. The predicted octanol–water partition coefficient (Wildman–Crippen LogP) is 0.946. The summed E-state index contributed by atoms with van der Waals surface area (Å²) < 4.78 is 0. The van der Waals surface area contributed by atoms with E-state index in [0.717, 1.165) is 6.42 Å². The van der Waals surface area contributed by atoms with E-state index in [9.17, 15) is 9.59 Å². The van der Waals surface area contributed by atoms with Crippen molar-refractivity contribution in [1.29, 1.82) is 0 Å². The van der Waals surface area contributed by atoms with Gasteiger partial charge in [-0.2, -0.15) is 0 Å². The number of alkyl halides is 1. The van der Waals surface area contributed by atoms with Crippen LogP contribution in [0.1, 0.15) is 19.8 Å². The Labute approximate surface area is 82.2 Å². The van der Waals surface area contributed by atoms with Crippen LogP contribution in [0.4, 0.5) is 4.79 Å². The Kier molecular flexibility index (Phi) is 3.54. The highest BCUT2D eigenvalue weighted by Gasteiger charge is 2.36. The van der Waals surface area contributed by atoms with Crippen molar-refractivity contribution in [2.45, 2.75) is 25.8 Å². The molecule has 3 amide bonds. The van der Waals surface area contributed by atoms with Gasteiger partial charge in [0.15, 0.2) is 0 Å². The molecule has 1 heterocycles. The molecular weight excluding hydrogens is 192 g/mol. The molecule has 1 unspecified atom stereocenters. The summed E-state index contributed by atoms with van der Waals surface area (Å²) in [6.07, 6.45) is 1.58. The number of nitrogens with zero attached hydrogens (tertiary/aromatic N) is 1. The average molecular weight is 205 g/mol. The largest absolute Gasteiger partial charge is 0.326 e. The molecule has 0 spiro atoms. The van der Waals surface area contributed by atoms with Gasteiger partial charge >= 0.3 is 6.03 Å². The van der Waals surface area contributed by atoms with Crippen molar-refractivity contribution in [3.05, 3.63) is 0 Å². The van der Waals surface area contributed by atoms with E-state index in [4.69, 9.17) is 11.6 Å². The second-order valence-electron chi connectivity index (χ2n) is 2.97. The van der Waals surface area contributed by atoms with E-state index in [1.807, 2.05) is 6.92 Å². The van der Waals surface area contributed by atoms with E-state index in [1.54, 1.807) is 0 Å². The second-order valence-corrected chi connectivity index (χ2v) is 3.35. The summed E-state index contributed by atoms with van der Waals surface area (Å²) in [7, 11) is 0. The van der Waals surface area contributed by atoms with Gasteiger partial charge in [-0.15, -0.1) is 11.6 Å². The van der Waals surface area contributed by atoms with Crippen LogP contribution in [-0.4, -0.2) is 35.3 Å². The van der Waals surface area contributed by atoms with Gasteiger partial charge in [-0.25, -0.2) is 4.79 Å². The van der Waals surface area contributed by atoms with Crippen molar-refractivity contribution < 1.29 is 9.59 Å². The quantitative estimate of drug-likeness (QED) is 0.548. The van der Waals surface area contributed by atoms with Crippen LogP contribution in [0.5, 0.6) is 0 Å². The summed E-state index contributed by atoms with van der Waals surface area (Å²) in [5, 5.41) is 2.62. The minimum atomic E-state index is -0.333. The third kappa shape index (κ3) is 2.12. The van der Waals surface area contributed by atoms with Crippen LogP contribution in [0.15, 0.2) is 0 Å². The molecule has 0 saturated carbocycles. The van der Waals surface area contributed by atoms with Crippen LogP contribution in [-0.2, 0) is 4.79 Å². The Balaban J connectivity index is 2.58. The molecule has 0 bridgehead atoms. The number of carbonyl (C=O) groups is 2. The fourth-order valence-electron chi connectivity index (χ4n) is 1.36. The molecule has 0 aromatic carbocycles. The van der Waals surface area contributed by atoms with Gasteiger partial charge in [0.25, 0.3) is 5.91 Å². The first-order chi connectivity index (χ1) is 6.20. The van der Waals surface area contributed by atoms with Gasteiger partial charge in [-0.1, -0.05) is 13.3 Å². The molecule has 1 atom stereocenters. The van der Waals surface area contributed by atoms with Gasteiger partial charge in [-0.05, 0) is 6.42 Å². The molecule has 1 aliphatic heterocycles. The van der Waals surface area contributed by atoms with Crippen LogP contribution >= 0.6 is 11.6 Å². The third-order valence-electron chi connectivity index (χ3n) is 1.99. The Morgan fingerprint density at radius 2 is 2.23 bits per heavy atom. The van der Waals surface area contributed by atoms with Gasteiger partial charge in [0, 0.05) is 12.4 Å². The molecule has 1 fully saturated rings. The molecule has 13 heavy (non-hydrogen) atoms. The minimum absolute atomic E-state index is 0.146. The molecule has 4 nitrogen and oxygen atoms in total. The second kappa shape index (κ2) is 4.46. The van der Waals surface area contributed by atoms with Crippen molar-refractivity contribution in [1.82, 2.24) is 10.2 Å². The number of amides is 3. The zero-order valence-corrected chi connectivity index (χ0v) is 8.30. The van der Waals surface area contributed by atoms with Crippen LogP contribution in [0.25, 0.3) is 0 Å². The minimum Gasteiger partial charge on any atom is -0.326 e. The molecule has 0 radical (unpaired) electrons. The molecule has 1 aliphatic rings. The Morgan fingerprint density at radius 3 is 2.77 bits per heavy atom.